The number of benzene rings is 4. The second kappa shape index (κ2) is 12.8. The normalized spacial score (nSPS) is 13.3. The van der Waals surface area contributed by atoms with Gasteiger partial charge in [-0.3, -0.25) is 9.79 Å². The summed E-state index contributed by atoms with van der Waals surface area (Å²) in [7, 11) is 1.63. The number of carbonyl (C=O) groups is 1. The number of anilines is 2. The molecule has 1 aliphatic rings. The number of ether oxygens (including phenoxy) is 2. The number of methoxy groups -OCH3 is 1. The van der Waals surface area contributed by atoms with Crippen LogP contribution in [0.5, 0.6) is 11.5 Å². The predicted octanol–water partition coefficient (Wildman–Crippen LogP) is 7.39. The molecule has 0 saturated carbocycles. The molecule has 0 atom stereocenters. The maximum atomic E-state index is 12.7. The van der Waals surface area contributed by atoms with Crippen LogP contribution < -0.4 is 14.8 Å². The lowest BCUT2D eigenvalue weighted by Crippen LogP contribution is -2.35. The van der Waals surface area contributed by atoms with Crippen LogP contribution >= 0.6 is 0 Å². The van der Waals surface area contributed by atoms with Crippen molar-refractivity contribution in [1.82, 2.24) is 4.90 Å². The van der Waals surface area contributed by atoms with Crippen molar-refractivity contribution >= 4 is 29.2 Å². The molecule has 39 heavy (non-hydrogen) atoms. The Morgan fingerprint density at radius 2 is 1.56 bits per heavy atom. The molecule has 0 unspecified atom stereocenters. The number of amides is 1. The molecular formula is C33H33N3O3. The minimum absolute atomic E-state index is 0.112. The Morgan fingerprint density at radius 1 is 0.846 bits per heavy atom. The Kier molecular flexibility index (Phi) is 8.54. The van der Waals surface area contributed by atoms with Gasteiger partial charge in [0.25, 0.3) is 5.91 Å². The van der Waals surface area contributed by atoms with Gasteiger partial charge in [0.05, 0.1) is 12.8 Å². The summed E-state index contributed by atoms with van der Waals surface area (Å²) in [6, 6.07) is 31.4. The van der Waals surface area contributed by atoms with Gasteiger partial charge in [-0.05, 0) is 97.1 Å². The molecule has 1 heterocycles. The van der Waals surface area contributed by atoms with Crippen LogP contribution in [-0.2, 0) is 6.61 Å². The van der Waals surface area contributed by atoms with Crippen molar-refractivity contribution in [3.8, 4) is 11.5 Å². The zero-order valence-corrected chi connectivity index (χ0v) is 22.2. The van der Waals surface area contributed by atoms with E-state index in [0.29, 0.717) is 18.1 Å². The van der Waals surface area contributed by atoms with E-state index in [1.807, 2.05) is 108 Å². The number of piperidine rings is 1. The summed E-state index contributed by atoms with van der Waals surface area (Å²) in [6.07, 6.45) is 5.19. The summed E-state index contributed by atoms with van der Waals surface area (Å²) < 4.78 is 11.6. The monoisotopic (exact) mass is 519 g/mol. The lowest BCUT2D eigenvalue weighted by atomic mass is 10.1. The Morgan fingerprint density at radius 3 is 2.28 bits per heavy atom. The van der Waals surface area contributed by atoms with E-state index in [2.05, 4.69) is 10.3 Å². The van der Waals surface area contributed by atoms with Crippen LogP contribution in [0.15, 0.2) is 102 Å². The van der Waals surface area contributed by atoms with E-state index in [1.165, 1.54) is 6.42 Å². The van der Waals surface area contributed by atoms with Gasteiger partial charge in [0.2, 0.25) is 0 Å². The standard InChI is InChI=1S/C33H33N3O3/c1-38-32-22-26(23-34-28-15-17-30(18-16-28)35-29-8-4-2-5-9-29)12-19-31(32)39-24-25-10-13-27(14-11-25)33(37)36-20-6-3-7-21-36/h2,4-5,8-19,22-23,35H,3,6-7,20-21,24H2,1H3. The Balaban J connectivity index is 1.17. The highest BCUT2D eigenvalue weighted by Crippen LogP contribution is 2.29. The highest BCUT2D eigenvalue weighted by Gasteiger charge is 2.18. The van der Waals surface area contributed by atoms with Crippen LogP contribution in [0.1, 0.15) is 40.7 Å². The Bertz CT molecular complexity index is 1390. The van der Waals surface area contributed by atoms with Crippen molar-refractivity contribution in [2.45, 2.75) is 25.9 Å². The van der Waals surface area contributed by atoms with Gasteiger partial charge >= 0.3 is 0 Å². The highest BCUT2D eigenvalue weighted by molar-refractivity contribution is 5.94. The molecular weight excluding hydrogens is 486 g/mol. The summed E-state index contributed by atoms with van der Waals surface area (Å²) in [6.45, 7) is 2.08. The lowest BCUT2D eigenvalue weighted by Gasteiger charge is -2.26. The molecule has 0 spiro atoms. The minimum Gasteiger partial charge on any atom is -0.493 e. The third-order valence-electron chi connectivity index (χ3n) is 6.72. The van der Waals surface area contributed by atoms with E-state index < -0.39 is 0 Å². The summed E-state index contributed by atoms with van der Waals surface area (Å²) in [5.74, 6) is 1.40. The predicted molar refractivity (Wildman–Crippen MR) is 157 cm³/mol. The first-order valence-electron chi connectivity index (χ1n) is 13.3. The third-order valence-corrected chi connectivity index (χ3v) is 6.72. The molecule has 198 valence electrons. The van der Waals surface area contributed by atoms with Gasteiger partial charge in [-0.25, -0.2) is 0 Å². The summed E-state index contributed by atoms with van der Waals surface area (Å²) in [5.41, 5.74) is 5.53. The van der Waals surface area contributed by atoms with E-state index in [4.69, 9.17) is 9.47 Å². The average Bonchev–Trinajstić information content (AvgIpc) is 3.00. The molecule has 1 fully saturated rings. The van der Waals surface area contributed by atoms with Gasteiger partial charge in [0, 0.05) is 36.2 Å². The third kappa shape index (κ3) is 7.05. The van der Waals surface area contributed by atoms with Crippen molar-refractivity contribution in [1.29, 1.82) is 0 Å². The fourth-order valence-corrected chi connectivity index (χ4v) is 4.54. The first-order chi connectivity index (χ1) is 19.2. The van der Waals surface area contributed by atoms with E-state index in [-0.39, 0.29) is 5.91 Å². The minimum atomic E-state index is 0.112. The molecule has 0 aromatic heterocycles. The van der Waals surface area contributed by atoms with Gasteiger partial charge < -0.3 is 19.7 Å². The number of hydrogen-bond donors (Lipinski definition) is 1. The van der Waals surface area contributed by atoms with Crippen LogP contribution in [-0.4, -0.2) is 37.2 Å². The molecule has 6 nitrogen and oxygen atoms in total. The van der Waals surface area contributed by atoms with Crippen LogP contribution in [0.25, 0.3) is 0 Å². The first kappa shape index (κ1) is 26.0. The number of para-hydroxylation sites is 1. The number of aliphatic imine (C=N–C) groups is 1. The van der Waals surface area contributed by atoms with Gasteiger partial charge in [-0.15, -0.1) is 0 Å². The molecule has 6 heteroatoms. The number of carbonyl (C=O) groups excluding carboxylic acids is 1. The number of rotatable bonds is 9. The van der Waals surface area contributed by atoms with Gasteiger partial charge in [0.15, 0.2) is 11.5 Å². The zero-order valence-electron chi connectivity index (χ0n) is 22.2. The molecule has 1 amide bonds. The number of nitrogens with one attached hydrogen (secondary N) is 1. The van der Waals surface area contributed by atoms with Crippen molar-refractivity contribution in [2.75, 3.05) is 25.5 Å². The van der Waals surface area contributed by atoms with Crippen LogP contribution in [0, 0.1) is 0 Å². The second-order valence-corrected chi connectivity index (χ2v) is 9.54. The van der Waals surface area contributed by atoms with E-state index in [9.17, 15) is 4.79 Å². The topological polar surface area (TPSA) is 63.2 Å². The first-order valence-corrected chi connectivity index (χ1v) is 13.3. The van der Waals surface area contributed by atoms with Crippen molar-refractivity contribution in [2.24, 2.45) is 4.99 Å². The maximum absolute atomic E-state index is 12.7. The van der Waals surface area contributed by atoms with Crippen LogP contribution in [0.4, 0.5) is 17.1 Å². The quantitative estimate of drug-likeness (QED) is 0.234. The number of nitrogens with zero attached hydrogens (tertiary/aromatic N) is 2. The van der Waals surface area contributed by atoms with Gasteiger partial charge in [-0.2, -0.15) is 0 Å². The number of hydrogen-bond acceptors (Lipinski definition) is 5. The molecule has 1 N–H and O–H groups in total. The molecule has 5 rings (SSSR count). The van der Waals surface area contributed by atoms with Crippen molar-refractivity contribution in [3.05, 3.63) is 114 Å². The largest absolute Gasteiger partial charge is 0.493 e. The van der Waals surface area contributed by atoms with E-state index in [0.717, 1.165) is 59.7 Å². The van der Waals surface area contributed by atoms with Crippen LogP contribution in [0.2, 0.25) is 0 Å². The molecule has 0 bridgehead atoms. The summed E-state index contributed by atoms with van der Waals surface area (Å²) in [5, 5.41) is 3.37. The zero-order chi connectivity index (χ0) is 26.9. The molecule has 1 aliphatic heterocycles. The summed E-state index contributed by atoms with van der Waals surface area (Å²) >= 11 is 0. The van der Waals surface area contributed by atoms with Crippen molar-refractivity contribution < 1.29 is 14.3 Å². The molecule has 1 saturated heterocycles. The highest BCUT2D eigenvalue weighted by atomic mass is 16.5. The SMILES string of the molecule is COc1cc(C=Nc2ccc(Nc3ccccc3)cc2)ccc1OCc1ccc(C(=O)N2CCCCC2)cc1. The molecule has 4 aromatic rings. The van der Waals surface area contributed by atoms with Crippen LogP contribution in [0.3, 0.4) is 0 Å². The van der Waals surface area contributed by atoms with Gasteiger partial charge in [0.1, 0.15) is 6.61 Å². The average molecular weight is 520 g/mol. The fraction of sp³-hybridized carbons (Fsp3) is 0.212. The molecule has 0 radical (unpaired) electrons. The molecule has 4 aromatic carbocycles. The second-order valence-electron chi connectivity index (χ2n) is 9.54. The maximum Gasteiger partial charge on any atom is 0.253 e. The lowest BCUT2D eigenvalue weighted by molar-refractivity contribution is 0.0724. The number of likely N-dealkylation sites (tertiary alicyclic amines) is 1. The Hall–Kier alpha value is -4.58. The fourth-order valence-electron chi connectivity index (χ4n) is 4.54. The smallest absolute Gasteiger partial charge is 0.253 e. The van der Waals surface area contributed by atoms with Gasteiger partial charge in [-0.1, -0.05) is 30.3 Å². The van der Waals surface area contributed by atoms with E-state index in [1.54, 1.807) is 7.11 Å². The van der Waals surface area contributed by atoms with Crippen molar-refractivity contribution in [3.63, 3.8) is 0 Å². The summed E-state index contributed by atoms with van der Waals surface area (Å²) in [4.78, 5) is 19.2. The molecule has 0 aliphatic carbocycles. The Labute approximate surface area is 229 Å². The van der Waals surface area contributed by atoms with E-state index >= 15 is 0 Å².